The first kappa shape index (κ1) is 11.8. The van der Waals surface area contributed by atoms with Gasteiger partial charge in [-0.15, -0.1) is 0 Å². The quantitative estimate of drug-likeness (QED) is 0.759. The molecule has 2 fully saturated rings. The third kappa shape index (κ3) is 2.71. The van der Waals surface area contributed by atoms with E-state index in [9.17, 15) is 9.18 Å². The molecule has 2 saturated heterocycles. The van der Waals surface area contributed by atoms with Crippen LogP contribution < -0.4 is 5.73 Å². The summed E-state index contributed by atoms with van der Waals surface area (Å²) < 4.78 is 18.5. The number of carbonyl (C=O) groups is 1. The highest BCUT2D eigenvalue weighted by atomic mass is 19.1. The molecule has 0 aromatic carbocycles. The number of halogens is 1. The summed E-state index contributed by atoms with van der Waals surface area (Å²) in [6.07, 6.45) is 1.36. The number of rotatable bonds is 3. The minimum atomic E-state index is -0.905. The molecule has 0 aliphatic carbocycles. The molecule has 2 heterocycles. The second-order valence-electron chi connectivity index (χ2n) is 4.76. The van der Waals surface area contributed by atoms with Crippen LogP contribution in [0.2, 0.25) is 0 Å². The number of amides is 1. The lowest BCUT2D eigenvalue weighted by Gasteiger charge is -2.29. The summed E-state index contributed by atoms with van der Waals surface area (Å²) >= 11 is 0. The largest absolute Gasteiger partial charge is 0.381 e. The molecule has 0 aromatic rings. The zero-order valence-electron chi connectivity index (χ0n) is 9.40. The summed E-state index contributed by atoms with van der Waals surface area (Å²) in [5.41, 5.74) is 5.28. The fourth-order valence-corrected chi connectivity index (χ4v) is 2.61. The number of likely N-dealkylation sites (tertiary alicyclic amines) is 1. The Bertz CT molecular complexity index is 256. The average Bonchev–Trinajstić information content (AvgIpc) is 2.61. The molecule has 1 amide bonds. The number of primary amides is 1. The highest BCUT2D eigenvalue weighted by Gasteiger charge is 2.36. The zero-order chi connectivity index (χ0) is 11.5. The van der Waals surface area contributed by atoms with Gasteiger partial charge in [0.25, 0.3) is 0 Å². The molecule has 16 heavy (non-hydrogen) atoms. The van der Waals surface area contributed by atoms with Crippen molar-refractivity contribution in [2.24, 2.45) is 11.7 Å². The van der Waals surface area contributed by atoms with Crippen LogP contribution in [-0.2, 0) is 9.53 Å². The summed E-state index contributed by atoms with van der Waals surface area (Å²) in [4.78, 5) is 13.1. The van der Waals surface area contributed by atoms with Crippen LogP contribution >= 0.6 is 0 Å². The van der Waals surface area contributed by atoms with Gasteiger partial charge < -0.3 is 10.5 Å². The number of hydrogen-bond donors (Lipinski definition) is 1. The van der Waals surface area contributed by atoms with E-state index in [-0.39, 0.29) is 6.42 Å². The molecule has 0 spiro atoms. The van der Waals surface area contributed by atoms with Crippen molar-refractivity contribution in [2.45, 2.75) is 31.5 Å². The number of hydrogen-bond acceptors (Lipinski definition) is 3. The highest BCUT2D eigenvalue weighted by molar-refractivity contribution is 5.80. The van der Waals surface area contributed by atoms with Gasteiger partial charge in [-0.2, -0.15) is 0 Å². The molecule has 5 heteroatoms. The van der Waals surface area contributed by atoms with Crippen LogP contribution in [0.3, 0.4) is 0 Å². The smallest absolute Gasteiger partial charge is 0.234 e. The van der Waals surface area contributed by atoms with Gasteiger partial charge in [0.2, 0.25) is 5.91 Å². The van der Waals surface area contributed by atoms with Crippen molar-refractivity contribution in [1.82, 2.24) is 4.90 Å². The number of nitrogens with two attached hydrogens (primary N) is 1. The molecule has 2 rings (SSSR count). The van der Waals surface area contributed by atoms with Crippen LogP contribution in [-0.4, -0.2) is 49.3 Å². The van der Waals surface area contributed by atoms with Crippen LogP contribution in [0.25, 0.3) is 0 Å². The van der Waals surface area contributed by atoms with Gasteiger partial charge in [-0.3, -0.25) is 9.69 Å². The first-order chi connectivity index (χ1) is 7.66. The predicted molar refractivity (Wildman–Crippen MR) is 57.6 cm³/mol. The van der Waals surface area contributed by atoms with Gasteiger partial charge in [-0.25, -0.2) is 4.39 Å². The first-order valence-corrected chi connectivity index (χ1v) is 5.92. The van der Waals surface area contributed by atoms with Crippen molar-refractivity contribution in [1.29, 1.82) is 0 Å². The topological polar surface area (TPSA) is 55.6 Å². The Morgan fingerprint density at radius 2 is 2.12 bits per heavy atom. The van der Waals surface area contributed by atoms with Gasteiger partial charge in [-0.1, -0.05) is 0 Å². The maximum absolute atomic E-state index is 13.3. The standard InChI is InChI=1S/C11H19FN2O2/c12-9-5-10(11(13)15)14(7-9)6-8-1-3-16-4-2-8/h8-10H,1-7H2,(H2,13,15)/t9-,10+/m1/s1. The molecular weight excluding hydrogens is 211 g/mol. The van der Waals surface area contributed by atoms with Crippen molar-refractivity contribution in [3.63, 3.8) is 0 Å². The van der Waals surface area contributed by atoms with Gasteiger partial charge in [-0.05, 0) is 18.8 Å². The molecule has 0 bridgehead atoms. The lowest BCUT2D eigenvalue weighted by atomic mass is 9.99. The summed E-state index contributed by atoms with van der Waals surface area (Å²) in [6, 6.07) is -0.405. The normalized spacial score (nSPS) is 33.1. The molecule has 2 aliphatic heterocycles. The number of ether oxygens (including phenoxy) is 1. The fourth-order valence-electron chi connectivity index (χ4n) is 2.61. The van der Waals surface area contributed by atoms with E-state index < -0.39 is 18.1 Å². The van der Waals surface area contributed by atoms with Crippen LogP contribution in [0.5, 0.6) is 0 Å². The van der Waals surface area contributed by atoms with E-state index in [1.54, 1.807) is 0 Å². The molecule has 0 saturated carbocycles. The van der Waals surface area contributed by atoms with Crippen molar-refractivity contribution in [2.75, 3.05) is 26.3 Å². The summed E-state index contributed by atoms with van der Waals surface area (Å²) in [5.74, 6) is 0.119. The summed E-state index contributed by atoms with van der Waals surface area (Å²) in [6.45, 7) is 2.68. The molecule has 2 aliphatic rings. The molecule has 4 nitrogen and oxygen atoms in total. The van der Waals surface area contributed by atoms with E-state index in [1.165, 1.54) is 0 Å². The van der Waals surface area contributed by atoms with E-state index >= 15 is 0 Å². The number of carbonyl (C=O) groups excluding carboxylic acids is 1. The molecule has 2 N–H and O–H groups in total. The molecule has 0 unspecified atom stereocenters. The Kier molecular flexibility index (Phi) is 3.76. The van der Waals surface area contributed by atoms with E-state index in [4.69, 9.17) is 10.5 Å². The Hall–Kier alpha value is -0.680. The molecule has 0 aromatic heterocycles. The first-order valence-electron chi connectivity index (χ1n) is 5.92. The monoisotopic (exact) mass is 230 g/mol. The predicted octanol–water partition coefficient (Wildman–Crippen LogP) is 0.311. The fraction of sp³-hybridized carbons (Fsp3) is 0.909. The van der Waals surface area contributed by atoms with Gasteiger partial charge >= 0.3 is 0 Å². The van der Waals surface area contributed by atoms with Gasteiger partial charge in [0.1, 0.15) is 6.17 Å². The van der Waals surface area contributed by atoms with Crippen LogP contribution in [0, 0.1) is 5.92 Å². The highest BCUT2D eigenvalue weighted by Crippen LogP contribution is 2.24. The lowest BCUT2D eigenvalue weighted by Crippen LogP contribution is -2.43. The summed E-state index contributed by atoms with van der Waals surface area (Å²) in [5, 5.41) is 0. The maximum Gasteiger partial charge on any atom is 0.234 e. The number of nitrogens with zero attached hydrogens (tertiary/aromatic N) is 1. The Balaban J connectivity index is 1.89. The Morgan fingerprint density at radius 1 is 1.44 bits per heavy atom. The Morgan fingerprint density at radius 3 is 2.75 bits per heavy atom. The SMILES string of the molecule is NC(=O)[C@@H]1C[C@@H](F)CN1CC1CCOCC1. The van der Waals surface area contributed by atoms with Crippen molar-refractivity contribution in [3.05, 3.63) is 0 Å². The molecular formula is C11H19FN2O2. The number of alkyl halides is 1. The maximum atomic E-state index is 13.3. The van der Waals surface area contributed by atoms with Crippen molar-refractivity contribution < 1.29 is 13.9 Å². The van der Waals surface area contributed by atoms with Gasteiger partial charge in [0.05, 0.1) is 6.04 Å². The van der Waals surface area contributed by atoms with Gasteiger partial charge in [0.15, 0.2) is 0 Å². The van der Waals surface area contributed by atoms with E-state index in [2.05, 4.69) is 0 Å². The van der Waals surface area contributed by atoms with Crippen molar-refractivity contribution >= 4 is 5.91 Å². The average molecular weight is 230 g/mol. The van der Waals surface area contributed by atoms with E-state index in [0.717, 1.165) is 32.6 Å². The van der Waals surface area contributed by atoms with Crippen LogP contribution in [0.15, 0.2) is 0 Å². The molecule has 2 atom stereocenters. The minimum Gasteiger partial charge on any atom is -0.381 e. The lowest BCUT2D eigenvalue weighted by molar-refractivity contribution is -0.122. The van der Waals surface area contributed by atoms with Crippen LogP contribution in [0.1, 0.15) is 19.3 Å². The second-order valence-corrected chi connectivity index (χ2v) is 4.76. The van der Waals surface area contributed by atoms with Crippen LogP contribution in [0.4, 0.5) is 4.39 Å². The zero-order valence-corrected chi connectivity index (χ0v) is 9.40. The van der Waals surface area contributed by atoms with Crippen molar-refractivity contribution in [3.8, 4) is 0 Å². The summed E-state index contributed by atoms with van der Waals surface area (Å²) in [7, 11) is 0. The third-order valence-electron chi connectivity index (χ3n) is 3.51. The van der Waals surface area contributed by atoms with E-state index in [1.807, 2.05) is 4.90 Å². The minimum absolute atomic E-state index is 0.262. The molecule has 0 radical (unpaired) electrons. The third-order valence-corrected chi connectivity index (χ3v) is 3.51. The van der Waals surface area contributed by atoms with E-state index in [0.29, 0.717) is 12.5 Å². The Labute approximate surface area is 94.9 Å². The second kappa shape index (κ2) is 5.10. The van der Waals surface area contributed by atoms with Gasteiger partial charge in [0, 0.05) is 32.7 Å². The molecule has 92 valence electrons.